The standard InChI is InChI=1S/C14H10O6S.C10H16N/c15-13(16)9-1-5-11(6-2-9)21(19,20)12-7-3-10(4-8-12)14(17)18;1-11(2,3)9-10-7-5-4-6-8-10/h1-8H,(H,15,16)(H,17,18);4-8H,9H2,1-3H3/q;+1/p-1. The van der Waals surface area contributed by atoms with Gasteiger partial charge in [0.25, 0.3) is 0 Å². The summed E-state index contributed by atoms with van der Waals surface area (Å²) >= 11 is 0. The van der Waals surface area contributed by atoms with Gasteiger partial charge >= 0.3 is 5.97 Å². The van der Waals surface area contributed by atoms with Crippen LogP contribution in [-0.2, 0) is 16.4 Å². The Hall–Kier alpha value is -3.49. The van der Waals surface area contributed by atoms with Gasteiger partial charge in [-0.2, -0.15) is 0 Å². The summed E-state index contributed by atoms with van der Waals surface area (Å²) in [7, 11) is 2.77. The lowest BCUT2D eigenvalue weighted by Gasteiger charge is -2.23. The highest BCUT2D eigenvalue weighted by Crippen LogP contribution is 2.21. The first kappa shape index (κ1) is 24.8. The highest BCUT2D eigenvalue weighted by atomic mass is 32.2. The Morgan fingerprint density at radius 3 is 1.59 bits per heavy atom. The van der Waals surface area contributed by atoms with E-state index >= 15 is 0 Å². The monoisotopic (exact) mass is 455 g/mol. The summed E-state index contributed by atoms with van der Waals surface area (Å²) in [6, 6.07) is 19.9. The molecule has 0 unspecified atom stereocenters. The van der Waals surface area contributed by atoms with E-state index in [0.29, 0.717) is 0 Å². The molecule has 3 aromatic rings. The molecule has 8 heteroatoms. The average Bonchev–Trinajstić information content (AvgIpc) is 2.74. The summed E-state index contributed by atoms with van der Waals surface area (Å²) in [6.45, 7) is 1.10. The second-order valence-corrected chi connectivity index (χ2v) is 10.0. The second kappa shape index (κ2) is 10.2. The van der Waals surface area contributed by atoms with Crippen molar-refractivity contribution in [3.8, 4) is 0 Å². The number of carboxylic acids is 2. The predicted octanol–water partition coefficient (Wildman–Crippen LogP) is 2.47. The molecule has 0 aliphatic carbocycles. The SMILES string of the molecule is C[N+](C)(C)Cc1ccccc1.O=C([O-])c1ccc(S(=O)(=O)c2ccc(C(=O)O)cc2)cc1. The average molecular weight is 456 g/mol. The number of quaternary nitrogens is 1. The summed E-state index contributed by atoms with van der Waals surface area (Å²) in [5.74, 6) is -2.55. The van der Waals surface area contributed by atoms with Crippen molar-refractivity contribution in [2.75, 3.05) is 21.1 Å². The molecule has 0 radical (unpaired) electrons. The van der Waals surface area contributed by atoms with E-state index < -0.39 is 21.8 Å². The zero-order valence-corrected chi connectivity index (χ0v) is 18.9. The Morgan fingerprint density at radius 2 is 1.22 bits per heavy atom. The number of rotatable bonds is 6. The fourth-order valence-electron chi connectivity index (χ4n) is 2.81. The molecule has 1 N–H and O–H groups in total. The zero-order valence-electron chi connectivity index (χ0n) is 18.1. The molecule has 0 bridgehead atoms. The summed E-state index contributed by atoms with van der Waals surface area (Å²) < 4.78 is 25.6. The van der Waals surface area contributed by atoms with Crippen LogP contribution in [0.1, 0.15) is 26.3 Å². The van der Waals surface area contributed by atoms with Crippen LogP contribution < -0.4 is 5.11 Å². The largest absolute Gasteiger partial charge is 0.545 e. The summed E-state index contributed by atoms with van der Waals surface area (Å²) in [5, 5.41) is 19.4. The molecule has 0 aromatic heterocycles. The van der Waals surface area contributed by atoms with E-state index in [4.69, 9.17) is 5.11 Å². The summed E-state index contributed by atoms with van der Waals surface area (Å²) in [4.78, 5) is 21.2. The number of hydrogen-bond donors (Lipinski definition) is 1. The molecule has 7 nitrogen and oxygen atoms in total. The minimum Gasteiger partial charge on any atom is -0.545 e. The van der Waals surface area contributed by atoms with Gasteiger partial charge in [-0.15, -0.1) is 0 Å². The van der Waals surface area contributed by atoms with Gasteiger partial charge in [-0.25, -0.2) is 13.2 Å². The molecule has 0 saturated carbocycles. The van der Waals surface area contributed by atoms with Gasteiger partial charge in [-0.05, 0) is 42.0 Å². The molecule has 32 heavy (non-hydrogen) atoms. The Balaban J connectivity index is 0.000000278. The molecule has 0 heterocycles. The van der Waals surface area contributed by atoms with E-state index in [-0.39, 0.29) is 20.9 Å². The van der Waals surface area contributed by atoms with E-state index in [1.165, 1.54) is 29.8 Å². The highest BCUT2D eigenvalue weighted by molar-refractivity contribution is 7.91. The first-order valence-electron chi connectivity index (χ1n) is 9.64. The number of sulfone groups is 1. The van der Waals surface area contributed by atoms with Gasteiger partial charge in [-0.1, -0.05) is 42.5 Å². The third kappa shape index (κ3) is 7.04. The van der Waals surface area contributed by atoms with E-state index in [0.717, 1.165) is 35.3 Å². The van der Waals surface area contributed by atoms with E-state index in [1.54, 1.807) is 0 Å². The Bertz CT molecular complexity index is 1100. The van der Waals surface area contributed by atoms with Gasteiger partial charge in [0.15, 0.2) is 0 Å². The van der Waals surface area contributed by atoms with Crippen LogP contribution in [0.15, 0.2) is 88.7 Å². The maximum absolute atomic E-state index is 12.3. The van der Waals surface area contributed by atoms with Crippen LogP contribution in [0.25, 0.3) is 0 Å². The second-order valence-electron chi connectivity index (χ2n) is 8.08. The smallest absolute Gasteiger partial charge is 0.335 e. The van der Waals surface area contributed by atoms with Crippen molar-refractivity contribution in [3.63, 3.8) is 0 Å². The lowest BCUT2D eigenvalue weighted by molar-refractivity contribution is -0.884. The molecule has 3 aromatic carbocycles. The fraction of sp³-hybridized carbons (Fsp3) is 0.167. The number of aromatic carboxylic acids is 2. The normalized spacial score (nSPS) is 11.2. The molecule has 0 fully saturated rings. The van der Waals surface area contributed by atoms with Gasteiger partial charge in [0, 0.05) is 5.56 Å². The van der Waals surface area contributed by atoms with Crippen molar-refractivity contribution in [2.24, 2.45) is 0 Å². The topological polar surface area (TPSA) is 112 Å². The number of carboxylic acid groups (broad SMARTS) is 2. The molecular formula is C24H25NO6S. The Kier molecular flexibility index (Phi) is 7.91. The number of carbonyl (C=O) groups excluding carboxylic acids is 1. The van der Waals surface area contributed by atoms with E-state index in [9.17, 15) is 23.1 Å². The van der Waals surface area contributed by atoms with Crippen LogP contribution in [0.2, 0.25) is 0 Å². The van der Waals surface area contributed by atoms with Crippen LogP contribution in [0.3, 0.4) is 0 Å². The maximum Gasteiger partial charge on any atom is 0.335 e. The number of carbonyl (C=O) groups is 2. The van der Waals surface area contributed by atoms with Crippen LogP contribution in [0.5, 0.6) is 0 Å². The molecule has 0 aliphatic heterocycles. The summed E-state index contributed by atoms with van der Waals surface area (Å²) in [6.07, 6.45) is 0. The van der Waals surface area contributed by atoms with Crippen LogP contribution in [-0.4, -0.2) is 51.1 Å². The molecule has 0 spiro atoms. The van der Waals surface area contributed by atoms with Crippen LogP contribution in [0.4, 0.5) is 0 Å². The molecule has 0 amide bonds. The van der Waals surface area contributed by atoms with Crippen molar-refractivity contribution in [1.82, 2.24) is 0 Å². The number of benzene rings is 3. The van der Waals surface area contributed by atoms with Gasteiger partial charge in [0.1, 0.15) is 6.54 Å². The third-order valence-corrected chi connectivity index (χ3v) is 6.10. The lowest BCUT2D eigenvalue weighted by Crippen LogP contribution is -2.33. The van der Waals surface area contributed by atoms with E-state index in [2.05, 4.69) is 51.5 Å². The Morgan fingerprint density at radius 1 is 0.781 bits per heavy atom. The molecule has 0 saturated heterocycles. The van der Waals surface area contributed by atoms with Crippen molar-refractivity contribution in [3.05, 3.63) is 95.6 Å². The van der Waals surface area contributed by atoms with Crippen molar-refractivity contribution < 1.29 is 32.7 Å². The fourth-order valence-corrected chi connectivity index (χ4v) is 4.08. The minimum atomic E-state index is -3.83. The molecule has 0 atom stereocenters. The van der Waals surface area contributed by atoms with Gasteiger partial charge < -0.3 is 19.5 Å². The van der Waals surface area contributed by atoms with Crippen molar-refractivity contribution >= 4 is 21.8 Å². The predicted molar refractivity (Wildman–Crippen MR) is 118 cm³/mol. The van der Waals surface area contributed by atoms with Gasteiger partial charge in [-0.3, -0.25) is 0 Å². The van der Waals surface area contributed by atoms with Crippen molar-refractivity contribution in [1.29, 1.82) is 0 Å². The molecule has 0 aliphatic rings. The lowest BCUT2D eigenvalue weighted by atomic mass is 10.2. The van der Waals surface area contributed by atoms with Crippen LogP contribution >= 0.6 is 0 Å². The minimum absolute atomic E-state index is 0.0266. The van der Waals surface area contributed by atoms with E-state index in [1.807, 2.05) is 0 Å². The van der Waals surface area contributed by atoms with Gasteiger partial charge in [0.05, 0.1) is 42.5 Å². The van der Waals surface area contributed by atoms with Crippen LogP contribution in [0, 0.1) is 0 Å². The molecule has 168 valence electrons. The van der Waals surface area contributed by atoms with Crippen molar-refractivity contribution in [2.45, 2.75) is 16.3 Å². The Labute approximate surface area is 187 Å². The number of hydrogen-bond acceptors (Lipinski definition) is 5. The van der Waals surface area contributed by atoms with Gasteiger partial charge in [0.2, 0.25) is 9.84 Å². The third-order valence-electron chi connectivity index (χ3n) is 4.31. The molecule has 3 rings (SSSR count). The first-order chi connectivity index (χ1) is 14.9. The maximum atomic E-state index is 12.3. The first-order valence-corrected chi connectivity index (χ1v) is 11.1. The zero-order chi connectivity index (χ0) is 23.9. The molecular weight excluding hydrogens is 430 g/mol. The quantitative estimate of drug-likeness (QED) is 0.572. The summed E-state index contributed by atoms with van der Waals surface area (Å²) in [5.41, 5.74) is 1.25. The highest BCUT2D eigenvalue weighted by Gasteiger charge is 2.18. The number of nitrogens with zero attached hydrogens (tertiary/aromatic N) is 1.